The zero-order valence-electron chi connectivity index (χ0n) is 19.4. The Hall–Kier alpha value is -4.18. The third-order valence-corrected chi connectivity index (χ3v) is 6.41. The van der Waals surface area contributed by atoms with E-state index >= 15 is 0 Å². The van der Waals surface area contributed by atoms with Crippen molar-refractivity contribution < 1.29 is 28.9 Å². The molecule has 1 atom stereocenters. The van der Waals surface area contributed by atoms with Crippen molar-refractivity contribution in [2.75, 3.05) is 14.2 Å². The van der Waals surface area contributed by atoms with Gasteiger partial charge in [-0.05, 0) is 36.8 Å². The summed E-state index contributed by atoms with van der Waals surface area (Å²) in [7, 11) is 2.96. The van der Waals surface area contributed by atoms with Crippen molar-refractivity contribution in [1.82, 2.24) is 4.57 Å². The number of aromatic nitrogens is 1. The summed E-state index contributed by atoms with van der Waals surface area (Å²) in [6.07, 6.45) is 1.59. The highest BCUT2D eigenvalue weighted by atomic mass is 32.1. The minimum Gasteiger partial charge on any atom is -0.545 e. The standard InChI is InChI=1S/C25H22N2O7S/c1-13-21(24(30)31)22(16-9-10-18(32-3)19(11-16)33-4)27-23(29)20(35-25(27)26-13)12-15-7-5-6-8-17(15)34-14(2)28/h5-12,22H,1-4H3,(H,30,31)/p-1/b20-12+. The number of rotatable bonds is 6. The van der Waals surface area contributed by atoms with Gasteiger partial charge < -0.3 is 24.1 Å². The second-order valence-corrected chi connectivity index (χ2v) is 8.62. The summed E-state index contributed by atoms with van der Waals surface area (Å²) in [5.41, 5.74) is 0.669. The first-order valence-corrected chi connectivity index (χ1v) is 11.3. The average Bonchev–Trinajstić information content (AvgIpc) is 3.12. The Balaban J connectivity index is 1.96. The molecule has 9 nitrogen and oxygen atoms in total. The van der Waals surface area contributed by atoms with Crippen molar-refractivity contribution >= 4 is 29.4 Å². The third-order valence-electron chi connectivity index (χ3n) is 5.42. The van der Waals surface area contributed by atoms with E-state index in [-0.39, 0.29) is 11.3 Å². The number of esters is 1. The van der Waals surface area contributed by atoms with Crippen LogP contribution in [-0.2, 0) is 9.59 Å². The molecule has 35 heavy (non-hydrogen) atoms. The first-order chi connectivity index (χ1) is 16.7. The molecule has 10 heteroatoms. The highest BCUT2D eigenvalue weighted by molar-refractivity contribution is 7.07. The Morgan fingerprint density at radius 3 is 2.46 bits per heavy atom. The second-order valence-electron chi connectivity index (χ2n) is 7.62. The highest BCUT2D eigenvalue weighted by Gasteiger charge is 2.29. The Labute approximate surface area is 203 Å². The fourth-order valence-corrected chi connectivity index (χ4v) is 4.95. The molecule has 2 aromatic carbocycles. The minimum absolute atomic E-state index is 0.128. The van der Waals surface area contributed by atoms with Crippen LogP contribution in [0.25, 0.3) is 6.08 Å². The van der Waals surface area contributed by atoms with Crippen LogP contribution in [0.5, 0.6) is 17.2 Å². The van der Waals surface area contributed by atoms with Crippen molar-refractivity contribution in [3.05, 3.63) is 84.5 Å². The van der Waals surface area contributed by atoms with Crippen LogP contribution in [0.2, 0.25) is 0 Å². The maximum Gasteiger partial charge on any atom is 0.308 e. The molecular weight excluding hydrogens is 472 g/mol. The van der Waals surface area contributed by atoms with Crippen molar-refractivity contribution in [2.24, 2.45) is 4.99 Å². The van der Waals surface area contributed by atoms with E-state index in [0.29, 0.717) is 37.7 Å². The number of carboxylic acid groups (broad SMARTS) is 1. The molecule has 1 unspecified atom stereocenters. The number of hydrogen-bond donors (Lipinski definition) is 0. The number of carbonyl (C=O) groups is 2. The number of para-hydroxylation sites is 1. The highest BCUT2D eigenvalue weighted by Crippen LogP contribution is 2.35. The van der Waals surface area contributed by atoms with Crippen molar-refractivity contribution in [2.45, 2.75) is 19.9 Å². The number of methoxy groups -OCH3 is 2. The number of allylic oxidation sites excluding steroid dienone is 1. The Kier molecular flexibility index (Phi) is 6.57. The van der Waals surface area contributed by atoms with Crippen molar-refractivity contribution in [1.29, 1.82) is 0 Å². The number of carbonyl (C=O) groups excluding carboxylic acids is 2. The summed E-state index contributed by atoms with van der Waals surface area (Å²) in [5, 5.41) is 12.1. The fraction of sp³-hybridized carbons (Fsp3) is 0.200. The topological polar surface area (TPSA) is 119 Å². The van der Waals surface area contributed by atoms with Gasteiger partial charge in [0.1, 0.15) is 5.75 Å². The summed E-state index contributed by atoms with van der Waals surface area (Å²) in [6, 6.07) is 10.7. The van der Waals surface area contributed by atoms with Gasteiger partial charge >= 0.3 is 5.97 Å². The molecule has 0 saturated carbocycles. The molecule has 0 aliphatic carbocycles. The van der Waals surface area contributed by atoms with Crippen LogP contribution in [0, 0.1) is 0 Å². The predicted octanol–water partition coefficient (Wildman–Crippen LogP) is 0.928. The first kappa shape index (κ1) is 24.0. The quantitative estimate of drug-likeness (QED) is 0.370. The summed E-state index contributed by atoms with van der Waals surface area (Å²) in [6.45, 7) is 2.85. The predicted molar refractivity (Wildman–Crippen MR) is 126 cm³/mol. The van der Waals surface area contributed by atoms with Crippen LogP contribution in [-0.4, -0.2) is 30.7 Å². The van der Waals surface area contributed by atoms with Gasteiger partial charge in [0.2, 0.25) is 0 Å². The lowest BCUT2D eigenvalue weighted by Gasteiger charge is -2.27. The third kappa shape index (κ3) is 4.47. The molecule has 0 amide bonds. The lowest BCUT2D eigenvalue weighted by molar-refractivity contribution is -0.299. The number of benzene rings is 2. The van der Waals surface area contributed by atoms with Gasteiger partial charge in [-0.2, -0.15) is 0 Å². The number of thiazole rings is 1. The van der Waals surface area contributed by atoms with Gasteiger partial charge in [-0.15, -0.1) is 0 Å². The smallest absolute Gasteiger partial charge is 0.308 e. The molecule has 0 bridgehead atoms. The lowest BCUT2D eigenvalue weighted by atomic mass is 9.95. The van der Waals surface area contributed by atoms with E-state index in [4.69, 9.17) is 14.2 Å². The molecule has 1 aliphatic heterocycles. The molecule has 0 fully saturated rings. The molecule has 0 radical (unpaired) electrons. The van der Waals surface area contributed by atoms with Crippen LogP contribution in [0.3, 0.4) is 0 Å². The average molecular weight is 494 g/mol. The number of nitrogens with zero attached hydrogens (tertiary/aromatic N) is 2. The van der Waals surface area contributed by atoms with Crippen LogP contribution in [0.15, 0.2) is 63.5 Å². The van der Waals surface area contributed by atoms with Gasteiger partial charge in [-0.1, -0.05) is 35.6 Å². The van der Waals surface area contributed by atoms with Crippen LogP contribution >= 0.6 is 11.3 Å². The fourth-order valence-electron chi connectivity index (χ4n) is 3.91. The van der Waals surface area contributed by atoms with E-state index in [1.807, 2.05) is 0 Å². The van der Waals surface area contributed by atoms with E-state index in [0.717, 1.165) is 11.3 Å². The zero-order chi connectivity index (χ0) is 25.3. The van der Waals surface area contributed by atoms with Crippen molar-refractivity contribution in [3.63, 3.8) is 0 Å². The van der Waals surface area contributed by atoms with Gasteiger partial charge in [0.25, 0.3) is 5.56 Å². The van der Waals surface area contributed by atoms with Gasteiger partial charge in [0, 0.05) is 23.8 Å². The van der Waals surface area contributed by atoms with E-state index < -0.39 is 23.5 Å². The number of ether oxygens (including phenoxy) is 3. The van der Waals surface area contributed by atoms with Gasteiger partial charge in [-0.3, -0.25) is 14.2 Å². The van der Waals surface area contributed by atoms with Gasteiger partial charge in [-0.25, -0.2) is 4.99 Å². The summed E-state index contributed by atoms with van der Waals surface area (Å²) < 4.78 is 17.5. The van der Waals surface area contributed by atoms with E-state index in [9.17, 15) is 19.5 Å². The number of aliphatic carboxylic acids is 1. The van der Waals surface area contributed by atoms with E-state index in [2.05, 4.69) is 4.99 Å². The maximum atomic E-state index is 13.6. The minimum atomic E-state index is -1.43. The molecule has 180 valence electrons. The normalized spacial score (nSPS) is 15.3. The largest absolute Gasteiger partial charge is 0.545 e. The van der Waals surface area contributed by atoms with Gasteiger partial charge in [0.05, 0.1) is 30.8 Å². The molecule has 2 heterocycles. The SMILES string of the molecule is COc1ccc(C2C(C(=O)[O-])=C(C)N=c3s/c(=C/c4ccccc4OC(C)=O)c(=O)n32)cc1OC. The summed E-state index contributed by atoms with van der Waals surface area (Å²) in [4.78, 5) is 41.9. The van der Waals surface area contributed by atoms with Crippen LogP contribution in [0.1, 0.15) is 31.0 Å². The molecule has 0 N–H and O–H groups in total. The zero-order valence-corrected chi connectivity index (χ0v) is 20.2. The molecular formula is C25H21N2O7S-. The molecule has 4 rings (SSSR count). The Morgan fingerprint density at radius 1 is 1.09 bits per heavy atom. The van der Waals surface area contributed by atoms with Gasteiger partial charge in [0.15, 0.2) is 16.3 Å². The molecule has 1 aromatic heterocycles. The second kappa shape index (κ2) is 9.59. The summed E-state index contributed by atoms with van der Waals surface area (Å²) >= 11 is 1.10. The maximum absolute atomic E-state index is 13.6. The molecule has 3 aromatic rings. The Morgan fingerprint density at radius 2 is 1.80 bits per heavy atom. The monoisotopic (exact) mass is 493 g/mol. The number of carboxylic acids is 1. The summed E-state index contributed by atoms with van der Waals surface area (Å²) in [5.74, 6) is -0.777. The first-order valence-electron chi connectivity index (χ1n) is 10.5. The number of hydrogen-bond acceptors (Lipinski definition) is 9. The van der Waals surface area contributed by atoms with Crippen LogP contribution < -0.4 is 34.2 Å². The molecule has 0 spiro atoms. The molecule has 1 aliphatic rings. The van der Waals surface area contributed by atoms with E-state index in [1.165, 1.54) is 25.7 Å². The molecule has 0 saturated heterocycles. The van der Waals surface area contributed by atoms with E-state index in [1.54, 1.807) is 55.5 Å². The lowest BCUT2D eigenvalue weighted by Crippen LogP contribution is -2.42. The van der Waals surface area contributed by atoms with Crippen LogP contribution in [0.4, 0.5) is 0 Å². The number of fused-ring (bicyclic) bond motifs is 1. The Bertz CT molecular complexity index is 1550. The van der Waals surface area contributed by atoms with Crippen molar-refractivity contribution in [3.8, 4) is 17.2 Å².